The molecule has 0 amide bonds. The quantitative estimate of drug-likeness (QED) is 0.765. The van der Waals surface area contributed by atoms with E-state index in [1.165, 1.54) is 0 Å². The van der Waals surface area contributed by atoms with E-state index in [1.807, 2.05) is 4.90 Å². The van der Waals surface area contributed by atoms with Gasteiger partial charge in [0.1, 0.15) is 0 Å². The van der Waals surface area contributed by atoms with Gasteiger partial charge < -0.3 is 9.52 Å². The van der Waals surface area contributed by atoms with E-state index in [9.17, 15) is 4.79 Å². The average molecular weight is 240 g/mol. The van der Waals surface area contributed by atoms with Crippen molar-refractivity contribution in [2.45, 2.75) is 13.5 Å². The van der Waals surface area contributed by atoms with Gasteiger partial charge in [-0.1, -0.05) is 0 Å². The smallest absolute Gasteiger partial charge is 0.317 e. The second-order valence-corrected chi connectivity index (χ2v) is 4.16. The van der Waals surface area contributed by atoms with Crippen molar-refractivity contribution in [3.63, 3.8) is 0 Å². The summed E-state index contributed by atoms with van der Waals surface area (Å²) >= 11 is 0. The first kappa shape index (κ1) is 12.0. The lowest BCUT2D eigenvalue weighted by Crippen LogP contribution is -2.47. The highest BCUT2D eigenvalue weighted by Gasteiger charge is 2.19. The molecule has 0 unspecified atom stereocenters. The number of piperazine rings is 1. The van der Waals surface area contributed by atoms with E-state index in [4.69, 9.17) is 9.52 Å². The number of carboxylic acids is 1. The molecule has 0 radical (unpaired) electrons. The molecule has 1 aromatic rings. The number of carboxylic acid groups (broad SMARTS) is 1. The number of rotatable bonds is 4. The number of carbonyl (C=O) groups is 1. The molecule has 17 heavy (non-hydrogen) atoms. The minimum Gasteiger partial charge on any atom is -0.480 e. The number of hydrogen-bond acceptors (Lipinski definition) is 6. The van der Waals surface area contributed by atoms with Crippen LogP contribution in [-0.4, -0.2) is 63.8 Å². The van der Waals surface area contributed by atoms with E-state index in [-0.39, 0.29) is 6.54 Å². The summed E-state index contributed by atoms with van der Waals surface area (Å²) in [7, 11) is 0. The third-order valence-electron chi connectivity index (χ3n) is 2.75. The van der Waals surface area contributed by atoms with Crippen molar-refractivity contribution in [1.29, 1.82) is 0 Å². The Morgan fingerprint density at radius 1 is 1.29 bits per heavy atom. The van der Waals surface area contributed by atoms with Crippen LogP contribution >= 0.6 is 0 Å². The summed E-state index contributed by atoms with van der Waals surface area (Å²) in [6.45, 7) is 5.71. The van der Waals surface area contributed by atoms with Gasteiger partial charge in [0, 0.05) is 33.1 Å². The number of aliphatic carboxylic acids is 1. The van der Waals surface area contributed by atoms with Gasteiger partial charge in [0.15, 0.2) is 0 Å². The minimum absolute atomic E-state index is 0.119. The Bertz CT molecular complexity index is 385. The average Bonchev–Trinajstić information content (AvgIpc) is 2.66. The summed E-state index contributed by atoms with van der Waals surface area (Å²) in [4.78, 5) is 14.7. The Balaban J connectivity index is 1.77. The van der Waals surface area contributed by atoms with E-state index in [0.29, 0.717) is 18.3 Å². The van der Waals surface area contributed by atoms with Gasteiger partial charge in [-0.15, -0.1) is 10.2 Å². The molecule has 1 aliphatic rings. The van der Waals surface area contributed by atoms with Crippen molar-refractivity contribution in [1.82, 2.24) is 20.0 Å². The van der Waals surface area contributed by atoms with Crippen molar-refractivity contribution in [2.75, 3.05) is 32.7 Å². The van der Waals surface area contributed by atoms with Crippen LogP contribution in [-0.2, 0) is 11.3 Å². The fourth-order valence-corrected chi connectivity index (χ4v) is 1.89. The third kappa shape index (κ3) is 3.50. The summed E-state index contributed by atoms with van der Waals surface area (Å²) in [5, 5.41) is 16.4. The molecule has 1 saturated heterocycles. The predicted molar refractivity (Wildman–Crippen MR) is 58.4 cm³/mol. The molecule has 1 aromatic heterocycles. The largest absolute Gasteiger partial charge is 0.480 e. The first-order valence-corrected chi connectivity index (χ1v) is 5.59. The highest BCUT2D eigenvalue weighted by molar-refractivity contribution is 5.69. The molecule has 2 rings (SSSR count). The predicted octanol–water partition coefficient (Wildman–Crippen LogP) is -0.420. The van der Waals surface area contributed by atoms with E-state index in [1.54, 1.807) is 6.92 Å². The fraction of sp³-hybridized carbons (Fsp3) is 0.700. The van der Waals surface area contributed by atoms with Crippen LogP contribution in [0.1, 0.15) is 11.8 Å². The second-order valence-electron chi connectivity index (χ2n) is 4.16. The van der Waals surface area contributed by atoms with Gasteiger partial charge in [0.05, 0.1) is 13.1 Å². The molecule has 1 fully saturated rings. The Morgan fingerprint density at radius 3 is 2.47 bits per heavy atom. The Morgan fingerprint density at radius 2 is 1.94 bits per heavy atom. The highest BCUT2D eigenvalue weighted by atomic mass is 16.4. The Hall–Kier alpha value is -1.47. The van der Waals surface area contributed by atoms with Crippen LogP contribution in [0.3, 0.4) is 0 Å². The Kier molecular flexibility index (Phi) is 3.70. The summed E-state index contributed by atoms with van der Waals surface area (Å²) in [6.07, 6.45) is 0. The lowest BCUT2D eigenvalue weighted by atomic mass is 10.3. The summed E-state index contributed by atoms with van der Waals surface area (Å²) in [5.74, 6) is 0.421. The summed E-state index contributed by atoms with van der Waals surface area (Å²) in [6, 6.07) is 0. The zero-order valence-electron chi connectivity index (χ0n) is 9.80. The molecular formula is C10H16N4O3. The molecule has 1 aliphatic heterocycles. The molecule has 7 heteroatoms. The van der Waals surface area contributed by atoms with Gasteiger partial charge >= 0.3 is 5.97 Å². The molecule has 0 spiro atoms. The molecule has 7 nitrogen and oxygen atoms in total. The number of hydrogen-bond donors (Lipinski definition) is 1. The lowest BCUT2D eigenvalue weighted by Gasteiger charge is -2.32. The molecule has 0 aromatic carbocycles. The molecular weight excluding hydrogens is 224 g/mol. The van der Waals surface area contributed by atoms with Gasteiger partial charge in [-0.25, -0.2) is 0 Å². The van der Waals surface area contributed by atoms with E-state index >= 15 is 0 Å². The zero-order chi connectivity index (χ0) is 12.3. The monoisotopic (exact) mass is 240 g/mol. The van der Waals surface area contributed by atoms with Gasteiger partial charge in [0.25, 0.3) is 0 Å². The van der Waals surface area contributed by atoms with Gasteiger partial charge in [-0.05, 0) is 0 Å². The van der Waals surface area contributed by atoms with Gasteiger partial charge in [0.2, 0.25) is 11.8 Å². The Labute approximate surface area is 99.0 Å². The maximum atomic E-state index is 10.6. The molecule has 0 atom stereocenters. The fourth-order valence-electron chi connectivity index (χ4n) is 1.89. The van der Waals surface area contributed by atoms with Gasteiger partial charge in [-0.2, -0.15) is 0 Å². The summed E-state index contributed by atoms with van der Waals surface area (Å²) in [5.41, 5.74) is 0. The standard InChI is InChI=1S/C10H16N4O3/c1-8-11-12-9(17-8)6-13-2-4-14(5-3-13)7-10(15)16/h2-7H2,1H3,(H,15,16). The van der Waals surface area contributed by atoms with Crippen LogP contribution in [0.5, 0.6) is 0 Å². The SMILES string of the molecule is Cc1nnc(CN2CCN(CC(=O)O)CC2)o1. The van der Waals surface area contributed by atoms with Crippen molar-refractivity contribution >= 4 is 5.97 Å². The van der Waals surface area contributed by atoms with E-state index in [2.05, 4.69) is 15.1 Å². The molecule has 0 bridgehead atoms. The van der Waals surface area contributed by atoms with E-state index < -0.39 is 5.97 Å². The minimum atomic E-state index is -0.772. The van der Waals surface area contributed by atoms with Crippen molar-refractivity contribution in [3.05, 3.63) is 11.8 Å². The first-order chi connectivity index (χ1) is 8.13. The molecule has 0 saturated carbocycles. The van der Waals surface area contributed by atoms with Crippen LogP contribution < -0.4 is 0 Å². The number of aromatic nitrogens is 2. The lowest BCUT2D eigenvalue weighted by molar-refractivity contribution is -0.138. The first-order valence-electron chi connectivity index (χ1n) is 5.59. The highest BCUT2D eigenvalue weighted by Crippen LogP contribution is 2.07. The van der Waals surface area contributed by atoms with Crippen LogP contribution in [0.2, 0.25) is 0 Å². The maximum absolute atomic E-state index is 10.6. The molecule has 94 valence electrons. The van der Waals surface area contributed by atoms with Crippen LogP contribution in [0, 0.1) is 6.92 Å². The third-order valence-corrected chi connectivity index (χ3v) is 2.75. The topological polar surface area (TPSA) is 82.7 Å². The number of aryl methyl sites for hydroxylation is 1. The normalized spacial score (nSPS) is 18.4. The zero-order valence-corrected chi connectivity index (χ0v) is 9.80. The molecule has 0 aliphatic carbocycles. The molecule has 2 heterocycles. The van der Waals surface area contributed by atoms with Crippen LogP contribution in [0.25, 0.3) is 0 Å². The van der Waals surface area contributed by atoms with Crippen LogP contribution in [0.15, 0.2) is 4.42 Å². The van der Waals surface area contributed by atoms with Crippen molar-refractivity contribution in [3.8, 4) is 0 Å². The van der Waals surface area contributed by atoms with E-state index in [0.717, 1.165) is 26.2 Å². The maximum Gasteiger partial charge on any atom is 0.317 e. The van der Waals surface area contributed by atoms with Crippen molar-refractivity contribution < 1.29 is 14.3 Å². The molecule has 1 N–H and O–H groups in total. The van der Waals surface area contributed by atoms with Crippen molar-refractivity contribution in [2.24, 2.45) is 0 Å². The summed E-state index contributed by atoms with van der Waals surface area (Å²) < 4.78 is 5.31. The second kappa shape index (κ2) is 5.24. The van der Waals surface area contributed by atoms with Crippen LogP contribution in [0.4, 0.5) is 0 Å². The van der Waals surface area contributed by atoms with Gasteiger partial charge in [-0.3, -0.25) is 14.6 Å². The number of nitrogens with zero attached hydrogens (tertiary/aromatic N) is 4.